The van der Waals surface area contributed by atoms with E-state index in [0.717, 1.165) is 5.69 Å². The monoisotopic (exact) mass is 440 g/mol. The van der Waals surface area contributed by atoms with Gasteiger partial charge in [0.05, 0.1) is 11.9 Å². The summed E-state index contributed by atoms with van der Waals surface area (Å²) in [4.78, 5) is 15.5. The normalized spacial score (nSPS) is 10.2. The molecule has 0 atom stereocenters. The van der Waals surface area contributed by atoms with Crippen LogP contribution in [0.3, 0.4) is 0 Å². The van der Waals surface area contributed by atoms with Gasteiger partial charge in [0.25, 0.3) is 0 Å². The molecule has 3 aromatic carbocycles. The third-order valence-electron chi connectivity index (χ3n) is 4.57. The van der Waals surface area contributed by atoms with Gasteiger partial charge in [0.15, 0.2) is 0 Å². The first kappa shape index (κ1) is 21.6. The zero-order valence-corrected chi connectivity index (χ0v) is 17.6. The summed E-state index contributed by atoms with van der Waals surface area (Å²) in [6.45, 7) is 3.43. The number of amides is 1. The van der Waals surface area contributed by atoms with Crippen LogP contribution in [0.2, 0.25) is 0 Å². The highest BCUT2D eigenvalue weighted by Crippen LogP contribution is 2.28. The fraction of sp³-hybridized carbons (Fsp3) is 0. The Kier molecular flexibility index (Phi) is 6.61. The molecule has 7 heteroatoms. The molecule has 164 valence electrons. The van der Waals surface area contributed by atoms with Gasteiger partial charge in [-0.2, -0.15) is 0 Å². The van der Waals surface area contributed by atoms with Crippen LogP contribution in [0.5, 0.6) is 11.5 Å². The van der Waals surface area contributed by atoms with Crippen molar-refractivity contribution in [2.24, 2.45) is 0 Å². The lowest BCUT2D eigenvalue weighted by Crippen LogP contribution is -2.07. The molecule has 3 N–H and O–H groups in total. The molecule has 1 amide bonds. The van der Waals surface area contributed by atoms with Crippen molar-refractivity contribution in [2.75, 3.05) is 16.0 Å². The van der Waals surface area contributed by atoms with E-state index in [1.54, 1.807) is 54.9 Å². The molecule has 0 saturated heterocycles. The van der Waals surface area contributed by atoms with Crippen LogP contribution in [-0.2, 0) is 4.79 Å². The smallest absolute Gasteiger partial charge is 0.247 e. The summed E-state index contributed by atoms with van der Waals surface area (Å²) in [5.74, 6) is 0.613. The van der Waals surface area contributed by atoms with Gasteiger partial charge in [-0.1, -0.05) is 12.6 Å². The molecule has 33 heavy (non-hydrogen) atoms. The van der Waals surface area contributed by atoms with E-state index >= 15 is 0 Å². The van der Waals surface area contributed by atoms with E-state index in [4.69, 9.17) is 4.74 Å². The summed E-state index contributed by atoms with van der Waals surface area (Å²) in [6, 6.07) is 22.7. The summed E-state index contributed by atoms with van der Waals surface area (Å²) in [6.07, 6.45) is 4.51. The van der Waals surface area contributed by atoms with Crippen LogP contribution in [0.4, 0.5) is 32.8 Å². The van der Waals surface area contributed by atoms with Crippen molar-refractivity contribution in [1.29, 1.82) is 0 Å². The molecule has 6 nitrogen and oxygen atoms in total. The second kappa shape index (κ2) is 10.1. The maximum Gasteiger partial charge on any atom is 0.247 e. The Labute approximate surface area is 190 Å². The van der Waals surface area contributed by atoms with E-state index in [9.17, 15) is 9.18 Å². The van der Waals surface area contributed by atoms with Crippen molar-refractivity contribution in [2.45, 2.75) is 0 Å². The lowest BCUT2D eigenvalue weighted by Gasteiger charge is -2.13. The van der Waals surface area contributed by atoms with Crippen molar-refractivity contribution in [3.8, 4) is 11.5 Å². The number of aromatic nitrogens is 1. The maximum atomic E-state index is 14.4. The lowest BCUT2D eigenvalue weighted by atomic mass is 10.2. The van der Waals surface area contributed by atoms with Crippen LogP contribution in [0.25, 0.3) is 0 Å². The fourth-order valence-electron chi connectivity index (χ4n) is 3.04. The summed E-state index contributed by atoms with van der Waals surface area (Å²) in [5.41, 5.74) is 3.03. The molecule has 0 radical (unpaired) electrons. The molecule has 0 bridgehead atoms. The van der Waals surface area contributed by atoms with Gasteiger partial charge in [0.2, 0.25) is 5.91 Å². The van der Waals surface area contributed by atoms with Crippen molar-refractivity contribution < 1.29 is 13.9 Å². The highest BCUT2D eigenvalue weighted by molar-refractivity contribution is 5.99. The molecule has 4 aromatic rings. The molecule has 0 aliphatic heterocycles. The number of nitrogens with zero attached hydrogens (tertiary/aromatic N) is 1. The number of benzene rings is 3. The zero-order valence-electron chi connectivity index (χ0n) is 17.6. The molecule has 1 heterocycles. The Morgan fingerprint density at radius 1 is 0.848 bits per heavy atom. The maximum absolute atomic E-state index is 14.4. The Bertz CT molecular complexity index is 1260. The van der Waals surface area contributed by atoms with Gasteiger partial charge in [0, 0.05) is 28.9 Å². The summed E-state index contributed by atoms with van der Waals surface area (Å²) >= 11 is 0. The fourth-order valence-corrected chi connectivity index (χ4v) is 3.04. The third-order valence-corrected chi connectivity index (χ3v) is 4.57. The minimum Gasteiger partial charge on any atom is -0.456 e. The van der Waals surface area contributed by atoms with Crippen LogP contribution in [0, 0.1) is 5.82 Å². The number of anilines is 5. The topological polar surface area (TPSA) is 75.3 Å². The largest absolute Gasteiger partial charge is 0.456 e. The zero-order chi connectivity index (χ0) is 23.0. The Morgan fingerprint density at radius 3 is 2.36 bits per heavy atom. The summed E-state index contributed by atoms with van der Waals surface area (Å²) in [5, 5.41) is 8.98. The second-order valence-electron chi connectivity index (χ2n) is 7.03. The number of halogens is 1. The van der Waals surface area contributed by atoms with Gasteiger partial charge in [-0.15, -0.1) is 0 Å². The van der Waals surface area contributed by atoms with Gasteiger partial charge in [-0.25, -0.2) is 4.39 Å². The minimum absolute atomic E-state index is 0.295. The number of nitrogens with one attached hydrogen (secondary N) is 3. The van der Waals surface area contributed by atoms with Crippen molar-refractivity contribution >= 4 is 34.3 Å². The Balaban J connectivity index is 1.45. The van der Waals surface area contributed by atoms with Gasteiger partial charge >= 0.3 is 0 Å². The van der Waals surface area contributed by atoms with E-state index < -0.39 is 5.82 Å². The average molecular weight is 440 g/mol. The number of hydrogen-bond acceptors (Lipinski definition) is 5. The number of hydrogen-bond donors (Lipinski definition) is 3. The molecule has 0 spiro atoms. The van der Waals surface area contributed by atoms with Gasteiger partial charge in [-0.3, -0.25) is 9.78 Å². The van der Waals surface area contributed by atoms with Crippen LogP contribution in [0.15, 0.2) is 104 Å². The Morgan fingerprint density at radius 2 is 1.61 bits per heavy atom. The van der Waals surface area contributed by atoms with Crippen LogP contribution in [-0.4, -0.2) is 10.9 Å². The summed E-state index contributed by atoms with van der Waals surface area (Å²) in [7, 11) is 0. The highest BCUT2D eigenvalue weighted by Gasteiger charge is 2.07. The van der Waals surface area contributed by atoms with E-state index in [0.29, 0.717) is 34.2 Å². The first-order chi connectivity index (χ1) is 16.1. The number of carbonyl (C=O) groups is 1. The molecular formula is C26H21FN4O2. The predicted molar refractivity (Wildman–Crippen MR) is 129 cm³/mol. The third kappa shape index (κ3) is 5.95. The molecule has 4 rings (SSSR count). The van der Waals surface area contributed by atoms with Crippen molar-refractivity contribution in [1.82, 2.24) is 4.98 Å². The Hall–Kier alpha value is -4.65. The lowest BCUT2D eigenvalue weighted by molar-refractivity contribution is -0.111. The van der Waals surface area contributed by atoms with Crippen LogP contribution < -0.4 is 20.7 Å². The summed E-state index contributed by atoms with van der Waals surface area (Å²) < 4.78 is 20.2. The van der Waals surface area contributed by atoms with Crippen LogP contribution in [0.1, 0.15) is 0 Å². The minimum atomic E-state index is -0.402. The van der Waals surface area contributed by atoms with Gasteiger partial charge in [-0.05, 0) is 78.9 Å². The first-order valence-electron chi connectivity index (χ1n) is 10.1. The highest BCUT2D eigenvalue weighted by atomic mass is 19.1. The number of rotatable bonds is 8. The van der Waals surface area contributed by atoms with Gasteiger partial charge in [0.1, 0.15) is 17.3 Å². The molecular weight excluding hydrogens is 419 g/mol. The number of carbonyl (C=O) groups excluding carboxylic acids is 1. The molecule has 0 fully saturated rings. The molecule has 0 aliphatic rings. The van der Waals surface area contributed by atoms with E-state index in [1.807, 2.05) is 30.3 Å². The number of ether oxygens (including phenoxy) is 1. The molecule has 1 aromatic heterocycles. The van der Waals surface area contributed by atoms with E-state index in [-0.39, 0.29) is 5.91 Å². The molecule has 0 saturated carbocycles. The molecule has 0 aliphatic carbocycles. The standard InChI is InChI=1S/C26H21FN4O2/c1-2-26(32)31-20-6-3-5-19(15-20)30-25-16-21(10-13-24(25)27)29-18-8-11-22(12-9-18)33-23-7-4-14-28-17-23/h2-17,29-30H,1H2,(H,31,32). The average Bonchev–Trinajstić information content (AvgIpc) is 2.83. The predicted octanol–water partition coefficient (Wildman–Crippen LogP) is 6.62. The SMILES string of the molecule is C=CC(=O)Nc1cccc(Nc2cc(Nc3ccc(Oc4cccnc4)cc3)ccc2F)c1. The van der Waals surface area contributed by atoms with Crippen molar-refractivity contribution in [3.63, 3.8) is 0 Å². The van der Waals surface area contributed by atoms with Crippen LogP contribution >= 0.6 is 0 Å². The second-order valence-corrected chi connectivity index (χ2v) is 7.03. The first-order valence-corrected chi connectivity index (χ1v) is 10.1. The van der Waals surface area contributed by atoms with Gasteiger partial charge < -0.3 is 20.7 Å². The van der Waals surface area contributed by atoms with E-state index in [1.165, 1.54) is 12.1 Å². The quantitative estimate of drug-likeness (QED) is 0.268. The molecule has 0 unspecified atom stereocenters. The van der Waals surface area contributed by atoms with Crippen molar-refractivity contribution in [3.05, 3.63) is 110 Å². The number of pyridine rings is 1. The van der Waals surface area contributed by atoms with E-state index in [2.05, 4.69) is 27.5 Å².